The summed E-state index contributed by atoms with van der Waals surface area (Å²) in [6, 6.07) is 3.55. The summed E-state index contributed by atoms with van der Waals surface area (Å²) in [5.41, 5.74) is 5.79. The third kappa shape index (κ3) is 4.10. The highest BCUT2D eigenvalue weighted by molar-refractivity contribution is 7.80. The van der Waals surface area contributed by atoms with Gasteiger partial charge in [-0.1, -0.05) is 26.1 Å². The molecule has 112 valence electrons. The molecule has 1 rings (SSSR count). The number of nitrogens with two attached hydrogens (primary N) is 1. The van der Waals surface area contributed by atoms with E-state index >= 15 is 0 Å². The average Bonchev–Trinajstić information content (AvgIpc) is 2.33. The SMILES string of the molecule is CCN(CC(C)C)c1ccc(C(F)(F)F)cc1C(N)=S. The molecule has 0 amide bonds. The highest BCUT2D eigenvalue weighted by Crippen LogP contribution is 2.33. The first-order valence-electron chi connectivity index (χ1n) is 6.42. The fraction of sp³-hybridized carbons (Fsp3) is 0.500. The minimum Gasteiger partial charge on any atom is -0.389 e. The van der Waals surface area contributed by atoms with Gasteiger partial charge in [-0.25, -0.2) is 0 Å². The molecule has 0 aliphatic rings. The number of rotatable bonds is 5. The van der Waals surface area contributed by atoms with Crippen molar-refractivity contribution >= 4 is 22.9 Å². The summed E-state index contributed by atoms with van der Waals surface area (Å²) in [5.74, 6) is 0.386. The molecule has 0 unspecified atom stereocenters. The molecule has 0 atom stereocenters. The first-order valence-corrected chi connectivity index (χ1v) is 6.83. The Hall–Kier alpha value is -1.30. The van der Waals surface area contributed by atoms with E-state index in [2.05, 4.69) is 0 Å². The zero-order chi connectivity index (χ0) is 15.5. The molecule has 0 saturated heterocycles. The van der Waals surface area contributed by atoms with Crippen LogP contribution in [-0.2, 0) is 6.18 Å². The summed E-state index contributed by atoms with van der Waals surface area (Å²) in [4.78, 5) is 1.97. The first kappa shape index (κ1) is 16.8. The summed E-state index contributed by atoms with van der Waals surface area (Å²) < 4.78 is 38.3. The second-order valence-electron chi connectivity index (χ2n) is 5.03. The van der Waals surface area contributed by atoms with E-state index in [1.54, 1.807) is 0 Å². The normalized spacial score (nSPS) is 11.8. The topological polar surface area (TPSA) is 29.3 Å². The molecular weight excluding hydrogens is 285 g/mol. The van der Waals surface area contributed by atoms with Crippen LogP contribution in [0.15, 0.2) is 18.2 Å². The van der Waals surface area contributed by atoms with Gasteiger partial charge in [-0.05, 0) is 31.0 Å². The molecule has 2 nitrogen and oxygen atoms in total. The highest BCUT2D eigenvalue weighted by Gasteiger charge is 2.31. The van der Waals surface area contributed by atoms with Crippen LogP contribution in [0.4, 0.5) is 18.9 Å². The third-order valence-corrected chi connectivity index (χ3v) is 3.12. The minimum absolute atomic E-state index is 0.0201. The lowest BCUT2D eigenvalue weighted by atomic mass is 10.1. The predicted molar refractivity (Wildman–Crippen MR) is 80.1 cm³/mol. The molecule has 0 radical (unpaired) electrons. The largest absolute Gasteiger partial charge is 0.416 e. The van der Waals surface area contributed by atoms with E-state index in [9.17, 15) is 13.2 Å². The summed E-state index contributed by atoms with van der Waals surface area (Å²) in [6.45, 7) is 7.46. The number of benzene rings is 1. The van der Waals surface area contributed by atoms with Crippen molar-refractivity contribution in [1.82, 2.24) is 0 Å². The lowest BCUT2D eigenvalue weighted by molar-refractivity contribution is -0.137. The van der Waals surface area contributed by atoms with Gasteiger partial charge < -0.3 is 10.6 Å². The van der Waals surface area contributed by atoms with Crippen LogP contribution in [0.2, 0.25) is 0 Å². The Kier molecular flexibility index (Phi) is 5.39. The zero-order valence-electron chi connectivity index (χ0n) is 11.8. The molecule has 1 aromatic carbocycles. The van der Waals surface area contributed by atoms with Gasteiger partial charge in [0.1, 0.15) is 4.99 Å². The Balaban J connectivity index is 3.29. The number of hydrogen-bond acceptors (Lipinski definition) is 2. The summed E-state index contributed by atoms with van der Waals surface area (Å²) in [7, 11) is 0. The maximum Gasteiger partial charge on any atom is 0.416 e. The van der Waals surface area contributed by atoms with E-state index in [4.69, 9.17) is 18.0 Å². The van der Waals surface area contributed by atoms with Gasteiger partial charge in [0, 0.05) is 24.3 Å². The number of thiocarbonyl (C=S) groups is 1. The van der Waals surface area contributed by atoms with Gasteiger partial charge in [0.2, 0.25) is 0 Å². The van der Waals surface area contributed by atoms with E-state index in [1.807, 2.05) is 25.7 Å². The smallest absolute Gasteiger partial charge is 0.389 e. The molecule has 0 aromatic heterocycles. The standard InChI is InChI=1S/C14H19F3N2S/c1-4-19(8-9(2)3)12-6-5-10(14(15,16)17)7-11(12)13(18)20/h5-7,9H,4,8H2,1-3H3,(H2,18,20). The van der Waals surface area contributed by atoms with Gasteiger partial charge in [-0.15, -0.1) is 0 Å². The van der Waals surface area contributed by atoms with Crippen LogP contribution in [0.3, 0.4) is 0 Å². The van der Waals surface area contributed by atoms with Crippen LogP contribution in [0, 0.1) is 5.92 Å². The molecule has 6 heteroatoms. The van der Waals surface area contributed by atoms with Gasteiger partial charge in [-0.3, -0.25) is 0 Å². The fourth-order valence-electron chi connectivity index (χ4n) is 2.02. The monoisotopic (exact) mass is 304 g/mol. The van der Waals surface area contributed by atoms with Gasteiger partial charge in [-0.2, -0.15) is 13.2 Å². The van der Waals surface area contributed by atoms with Gasteiger partial charge in [0.25, 0.3) is 0 Å². The first-order chi connectivity index (χ1) is 9.16. The average molecular weight is 304 g/mol. The zero-order valence-corrected chi connectivity index (χ0v) is 12.6. The molecule has 0 saturated carbocycles. The Bertz CT molecular complexity index is 484. The lowest BCUT2D eigenvalue weighted by Crippen LogP contribution is -2.30. The molecule has 0 aliphatic carbocycles. The number of alkyl halides is 3. The quantitative estimate of drug-likeness (QED) is 0.839. The molecule has 0 bridgehead atoms. The maximum absolute atomic E-state index is 12.8. The summed E-state index contributed by atoms with van der Waals surface area (Å²) in [5, 5.41) is 0. The van der Waals surface area contributed by atoms with Crippen LogP contribution >= 0.6 is 12.2 Å². The highest BCUT2D eigenvalue weighted by atomic mass is 32.1. The van der Waals surface area contributed by atoms with Crippen molar-refractivity contribution in [2.45, 2.75) is 26.9 Å². The van der Waals surface area contributed by atoms with Gasteiger partial charge in [0.15, 0.2) is 0 Å². The van der Waals surface area contributed by atoms with E-state index in [1.165, 1.54) is 6.07 Å². The number of hydrogen-bond donors (Lipinski definition) is 1. The second kappa shape index (κ2) is 6.43. The second-order valence-corrected chi connectivity index (χ2v) is 5.47. The third-order valence-electron chi connectivity index (χ3n) is 2.90. The van der Waals surface area contributed by atoms with Crippen LogP contribution in [-0.4, -0.2) is 18.1 Å². The van der Waals surface area contributed by atoms with Crippen molar-refractivity contribution in [3.8, 4) is 0 Å². The van der Waals surface area contributed by atoms with Crippen LogP contribution in [0.5, 0.6) is 0 Å². The van der Waals surface area contributed by atoms with Crippen molar-refractivity contribution in [1.29, 1.82) is 0 Å². The Morgan fingerprint density at radius 1 is 1.35 bits per heavy atom. The number of halogens is 3. The molecular formula is C14H19F3N2S. The van der Waals surface area contributed by atoms with Crippen molar-refractivity contribution in [2.75, 3.05) is 18.0 Å². The van der Waals surface area contributed by atoms with Gasteiger partial charge in [0.05, 0.1) is 5.56 Å². The van der Waals surface area contributed by atoms with E-state index in [0.29, 0.717) is 18.2 Å². The van der Waals surface area contributed by atoms with Crippen molar-refractivity contribution in [3.05, 3.63) is 29.3 Å². The molecule has 20 heavy (non-hydrogen) atoms. The molecule has 2 N–H and O–H groups in total. The molecule has 1 aromatic rings. The Morgan fingerprint density at radius 3 is 2.35 bits per heavy atom. The van der Waals surface area contributed by atoms with Crippen molar-refractivity contribution in [3.63, 3.8) is 0 Å². The molecule has 0 aliphatic heterocycles. The molecule has 0 fully saturated rings. The van der Waals surface area contributed by atoms with E-state index in [-0.39, 0.29) is 10.6 Å². The number of nitrogens with zero attached hydrogens (tertiary/aromatic N) is 1. The summed E-state index contributed by atoms with van der Waals surface area (Å²) in [6.07, 6.45) is -4.40. The van der Waals surface area contributed by atoms with Crippen LogP contribution in [0.25, 0.3) is 0 Å². The Morgan fingerprint density at radius 2 is 1.95 bits per heavy atom. The predicted octanol–water partition coefficient (Wildman–Crippen LogP) is 3.82. The van der Waals surface area contributed by atoms with E-state index in [0.717, 1.165) is 18.7 Å². The van der Waals surface area contributed by atoms with Crippen LogP contribution in [0.1, 0.15) is 31.9 Å². The lowest BCUT2D eigenvalue weighted by Gasteiger charge is -2.27. The molecule has 0 heterocycles. The van der Waals surface area contributed by atoms with Crippen molar-refractivity contribution < 1.29 is 13.2 Å². The van der Waals surface area contributed by atoms with Crippen LogP contribution < -0.4 is 10.6 Å². The van der Waals surface area contributed by atoms with Crippen molar-refractivity contribution in [2.24, 2.45) is 11.7 Å². The maximum atomic E-state index is 12.8. The Labute approximate surface area is 122 Å². The molecule has 0 spiro atoms. The minimum atomic E-state index is -4.40. The van der Waals surface area contributed by atoms with Gasteiger partial charge >= 0.3 is 6.18 Å². The number of anilines is 1. The fourth-order valence-corrected chi connectivity index (χ4v) is 2.19. The van der Waals surface area contributed by atoms with E-state index < -0.39 is 11.7 Å². The summed E-state index contributed by atoms with van der Waals surface area (Å²) >= 11 is 4.90.